The van der Waals surface area contributed by atoms with Crippen LogP contribution in [0.2, 0.25) is 0 Å². The minimum atomic E-state index is -4.43. The number of halogens is 3. The van der Waals surface area contributed by atoms with Gasteiger partial charge in [-0.3, -0.25) is 0 Å². The molecular weight excluding hydrogens is 283 g/mol. The molecule has 4 nitrogen and oxygen atoms in total. The van der Waals surface area contributed by atoms with Gasteiger partial charge < -0.3 is 0 Å². The van der Waals surface area contributed by atoms with Gasteiger partial charge in [-0.2, -0.15) is 18.3 Å². The first kappa shape index (κ1) is 13.9. The number of aromatic nitrogens is 3. The first-order chi connectivity index (χ1) is 9.86. The minimum Gasteiger partial charge on any atom is -0.247 e. The average Bonchev–Trinajstić information content (AvgIpc) is 3.16. The van der Waals surface area contributed by atoms with E-state index in [-0.39, 0.29) is 5.69 Å². The summed E-state index contributed by atoms with van der Waals surface area (Å²) < 4.78 is 40.8. The van der Waals surface area contributed by atoms with Crippen LogP contribution in [0.4, 0.5) is 13.2 Å². The number of rotatable bonds is 3. The summed E-state index contributed by atoms with van der Waals surface area (Å²) in [6.07, 6.45) is -2.29. The topological polar surface area (TPSA) is 39.8 Å². The Balaban J connectivity index is 2.04. The quantitative estimate of drug-likeness (QED) is 0.874. The van der Waals surface area contributed by atoms with E-state index in [1.54, 1.807) is 6.92 Å². The summed E-state index contributed by atoms with van der Waals surface area (Å²) in [5.74, 6) is 0.854. The zero-order chi connectivity index (χ0) is 15.2. The standard InChI is InChI=1S/C14H14F3N3O/c1-9-18-19(8-10-5-6-10)13(21)20(9)12-4-2-3-11(7-12)14(15,16)17/h2-4,7,10H,5-6,8H2,1H3. The Morgan fingerprint density at radius 2 is 2.05 bits per heavy atom. The fourth-order valence-corrected chi connectivity index (χ4v) is 2.30. The second-order valence-electron chi connectivity index (χ2n) is 5.34. The highest BCUT2D eigenvalue weighted by molar-refractivity contribution is 5.37. The maximum atomic E-state index is 12.8. The molecular formula is C14H14F3N3O. The molecule has 0 radical (unpaired) electrons. The summed E-state index contributed by atoms with van der Waals surface area (Å²) >= 11 is 0. The van der Waals surface area contributed by atoms with Crippen LogP contribution in [0.5, 0.6) is 0 Å². The summed E-state index contributed by atoms with van der Waals surface area (Å²) in [4.78, 5) is 12.3. The lowest BCUT2D eigenvalue weighted by atomic mass is 10.2. The van der Waals surface area contributed by atoms with E-state index < -0.39 is 17.4 Å². The number of nitrogens with zero attached hydrogens (tertiary/aromatic N) is 3. The van der Waals surface area contributed by atoms with Crippen molar-refractivity contribution in [3.05, 3.63) is 46.1 Å². The van der Waals surface area contributed by atoms with Crippen LogP contribution in [0.25, 0.3) is 5.69 Å². The highest BCUT2D eigenvalue weighted by Gasteiger charge is 2.31. The molecule has 0 bridgehead atoms. The first-order valence-electron chi connectivity index (χ1n) is 6.70. The second kappa shape index (κ2) is 4.75. The molecule has 1 aliphatic rings. The molecule has 0 unspecified atom stereocenters. The summed E-state index contributed by atoms with van der Waals surface area (Å²) in [5.41, 5.74) is -0.977. The van der Waals surface area contributed by atoms with Gasteiger partial charge in [0.25, 0.3) is 0 Å². The highest BCUT2D eigenvalue weighted by Crippen LogP contribution is 2.31. The Bertz CT molecular complexity index is 726. The summed E-state index contributed by atoms with van der Waals surface area (Å²) in [5, 5.41) is 4.14. The number of benzene rings is 1. The molecule has 1 fully saturated rings. The van der Waals surface area contributed by atoms with Crippen LogP contribution in [0, 0.1) is 12.8 Å². The van der Waals surface area contributed by atoms with Gasteiger partial charge in [0.1, 0.15) is 5.82 Å². The van der Waals surface area contributed by atoms with Crippen molar-refractivity contribution in [3.8, 4) is 5.69 Å². The maximum Gasteiger partial charge on any atom is 0.416 e. The van der Waals surface area contributed by atoms with E-state index in [1.165, 1.54) is 21.4 Å². The van der Waals surface area contributed by atoms with Crippen molar-refractivity contribution < 1.29 is 13.2 Å². The molecule has 2 aromatic rings. The number of hydrogen-bond acceptors (Lipinski definition) is 2. The Kier molecular flexibility index (Phi) is 3.15. The molecule has 3 rings (SSSR count). The smallest absolute Gasteiger partial charge is 0.247 e. The van der Waals surface area contributed by atoms with Crippen LogP contribution in [-0.4, -0.2) is 14.3 Å². The van der Waals surface area contributed by atoms with Crippen LogP contribution >= 0.6 is 0 Å². The molecule has 0 N–H and O–H groups in total. The fourth-order valence-electron chi connectivity index (χ4n) is 2.30. The molecule has 1 heterocycles. The van der Waals surface area contributed by atoms with E-state index in [0.29, 0.717) is 18.3 Å². The molecule has 0 saturated heterocycles. The van der Waals surface area contributed by atoms with Crippen molar-refractivity contribution in [2.24, 2.45) is 5.92 Å². The fraction of sp³-hybridized carbons (Fsp3) is 0.429. The van der Waals surface area contributed by atoms with Gasteiger partial charge >= 0.3 is 11.9 Å². The van der Waals surface area contributed by atoms with Crippen molar-refractivity contribution in [2.45, 2.75) is 32.5 Å². The van der Waals surface area contributed by atoms with Gasteiger partial charge in [0.15, 0.2) is 0 Å². The third-order valence-corrected chi connectivity index (χ3v) is 3.56. The summed E-state index contributed by atoms with van der Waals surface area (Å²) in [6.45, 7) is 2.15. The lowest BCUT2D eigenvalue weighted by molar-refractivity contribution is -0.137. The van der Waals surface area contributed by atoms with Crippen molar-refractivity contribution in [2.75, 3.05) is 0 Å². The molecule has 7 heteroatoms. The van der Waals surface area contributed by atoms with Gasteiger partial charge in [-0.05, 0) is 43.9 Å². The Morgan fingerprint density at radius 3 is 2.67 bits per heavy atom. The molecule has 0 atom stereocenters. The molecule has 1 aliphatic carbocycles. The lowest BCUT2D eigenvalue weighted by Gasteiger charge is -2.09. The Hall–Kier alpha value is -2.05. The number of alkyl halides is 3. The minimum absolute atomic E-state index is 0.189. The van der Waals surface area contributed by atoms with Gasteiger partial charge in [0, 0.05) is 6.54 Å². The van der Waals surface area contributed by atoms with Gasteiger partial charge in [-0.1, -0.05) is 6.07 Å². The predicted molar refractivity (Wildman–Crippen MR) is 70.3 cm³/mol. The number of hydrogen-bond donors (Lipinski definition) is 0. The van der Waals surface area contributed by atoms with Crippen LogP contribution in [-0.2, 0) is 12.7 Å². The average molecular weight is 297 g/mol. The van der Waals surface area contributed by atoms with E-state index in [4.69, 9.17) is 0 Å². The molecule has 0 amide bonds. The largest absolute Gasteiger partial charge is 0.416 e. The van der Waals surface area contributed by atoms with E-state index >= 15 is 0 Å². The van der Waals surface area contributed by atoms with Crippen LogP contribution in [0.1, 0.15) is 24.2 Å². The molecule has 112 valence electrons. The SMILES string of the molecule is Cc1nn(CC2CC2)c(=O)n1-c1cccc(C(F)(F)F)c1. The Labute approximate surface area is 118 Å². The predicted octanol–water partition coefficient (Wildman–Crippen LogP) is 2.77. The highest BCUT2D eigenvalue weighted by atomic mass is 19.4. The van der Waals surface area contributed by atoms with Gasteiger partial charge in [0.05, 0.1) is 11.3 Å². The van der Waals surface area contributed by atoms with Crippen LogP contribution in [0.3, 0.4) is 0 Å². The van der Waals surface area contributed by atoms with E-state index in [2.05, 4.69) is 5.10 Å². The maximum absolute atomic E-state index is 12.8. The third-order valence-electron chi connectivity index (χ3n) is 3.56. The van der Waals surface area contributed by atoms with Crippen molar-refractivity contribution in [1.29, 1.82) is 0 Å². The molecule has 0 aliphatic heterocycles. The van der Waals surface area contributed by atoms with E-state index in [0.717, 1.165) is 25.0 Å². The first-order valence-corrected chi connectivity index (χ1v) is 6.70. The van der Waals surface area contributed by atoms with Crippen LogP contribution in [0.15, 0.2) is 29.1 Å². The normalized spacial score (nSPS) is 15.4. The third kappa shape index (κ3) is 2.72. The van der Waals surface area contributed by atoms with E-state index in [1.807, 2.05) is 0 Å². The van der Waals surface area contributed by atoms with Crippen molar-refractivity contribution in [3.63, 3.8) is 0 Å². The Morgan fingerprint density at radius 1 is 1.33 bits per heavy atom. The lowest BCUT2D eigenvalue weighted by Crippen LogP contribution is -2.25. The van der Waals surface area contributed by atoms with Crippen LogP contribution < -0.4 is 5.69 Å². The van der Waals surface area contributed by atoms with Crippen molar-refractivity contribution >= 4 is 0 Å². The number of aryl methyl sites for hydroxylation is 1. The monoisotopic (exact) mass is 297 g/mol. The second-order valence-corrected chi connectivity index (χ2v) is 5.34. The van der Waals surface area contributed by atoms with Gasteiger partial charge in [0.2, 0.25) is 0 Å². The van der Waals surface area contributed by atoms with E-state index in [9.17, 15) is 18.0 Å². The molecule has 1 saturated carbocycles. The molecule has 21 heavy (non-hydrogen) atoms. The zero-order valence-electron chi connectivity index (χ0n) is 11.4. The molecule has 1 aromatic carbocycles. The summed E-state index contributed by atoms with van der Waals surface area (Å²) in [6, 6.07) is 4.73. The van der Waals surface area contributed by atoms with Crippen molar-refractivity contribution in [1.82, 2.24) is 14.3 Å². The van der Waals surface area contributed by atoms with Gasteiger partial charge in [-0.15, -0.1) is 0 Å². The summed E-state index contributed by atoms with van der Waals surface area (Å²) in [7, 11) is 0. The zero-order valence-corrected chi connectivity index (χ0v) is 11.4. The molecule has 0 spiro atoms. The van der Waals surface area contributed by atoms with Gasteiger partial charge in [-0.25, -0.2) is 14.0 Å². The molecule has 1 aromatic heterocycles.